The third kappa shape index (κ3) is 4.63. The van der Waals surface area contributed by atoms with E-state index in [0.29, 0.717) is 18.5 Å². The van der Waals surface area contributed by atoms with Crippen molar-refractivity contribution in [1.29, 1.82) is 0 Å². The molecule has 0 aliphatic carbocycles. The van der Waals surface area contributed by atoms with Crippen LogP contribution in [0.15, 0.2) is 36.5 Å². The van der Waals surface area contributed by atoms with E-state index in [4.69, 9.17) is 5.11 Å². The van der Waals surface area contributed by atoms with Crippen molar-refractivity contribution in [3.05, 3.63) is 42.1 Å². The molecule has 1 amide bonds. The number of benzene rings is 1. The highest BCUT2D eigenvalue weighted by atomic mass is 16.2. The Labute approximate surface area is 119 Å². The minimum Gasteiger partial charge on any atom is -0.396 e. The first-order chi connectivity index (χ1) is 9.81. The number of carbonyl (C=O) groups excluding carboxylic acids is 1. The van der Waals surface area contributed by atoms with E-state index in [1.54, 1.807) is 12.3 Å². The number of pyridine rings is 1. The van der Waals surface area contributed by atoms with Gasteiger partial charge in [-0.1, -0.05) is 19.9 Å². The van der Waals surface area contributed by atoms with Crippen LogP contribution in [-0.2, 0) is 0 Å². The fourth-order valence-corrected chi connectivity index (χ4v) is 1.76. The molecule has 0 aliphatic rings. The van der Waals surface area contributed by atoms with Crippen LogP contribution in [0.4, 0.5) is 0 Å². The van der Waals surface area contributed by atoms with Crippen LogP contribution in [0.5, 0.6) is 0 Å². The Hall–Kier alpha value is -1.94. The quantitative estimate of drug-likeness (QED) is 0.824. The zero-order valence-corrected chi connectivity index (χ0v) is 12.1. The second-order valence-electron chi connectivity index (χ2n) is 4.10. The molecule has 4 heteroatoms. The fourth-order valence-electron chi connectivity index (χ4n) is 1.76. The molecule has 0 saturated heterocycles. The summed E-state index contributed by atoms with van der Waals surface area (Å²) in [6, 6.07) is 9.24. The molecule has 0 aliphatic heterocycles. The average Bonchev–Trinajstić information content (AvgIpc) is 2.53. The number of amides is 1. The third-order valence-electron chi connectivity index (χ3n) is 2.74. The van der Waals surface area contributed by atoms with Crippen molar-refractivity contribution in [1.82, 2.24) is 10.3 Å². The highest BCUT2D eigenvalue weighted by Gasteiger charge is 2.05. The van der Waals surface area contributed by atoms with Crippen molar-refractivity contribution in [2.45, 2.75) is 26.7 Å². The number of aromatic nitrogens is 1. The Morgan fingerprint density at radius 3 is 2.80 bits per heavy atom. The maximum absolute atomic E-state index is 11.9. The van der Waals surface area contributed by atoms with Gasteiger partial charge in [0.2, 0.25) is 0 Å². The molecule has 0 radical (unpaired) electrons. The summed E-state index contributed by atoms with van der Waals surface area (Å²) in [6.07, 6.45) is 3.23. The second kappa shape index (κ2) is 9.04. The van der Waals surface area contributed by atoms with Crippen molar-refractivity contribution < 1.29 is 9.90 Å². The van der Waals surface area contributed by atoms with Crippen LogP contribution < -0.4 is 5.32 Å². The van der Waals surface area contributed by atoms with Gasteiger partial charge < -0.3 is 10.4 Å². The number of aliphatic hydroxyl groups excluding tert-OH is 1. The van der Waals surface area contributed by atoms with Gasteiger partial charge in [0.25, 0.3) is 5.91 Å². The summed E-state index contributed by atoms with van der Waals surface area (Å²) in [5, 5.41) is 12.4. The molecule has 0 spiro atoms. The Morgan fingerprint density at radius 2 is 2.05 bits per heavy atom. The van der Waals surface area contributed by atoms with Crippen molar-refractivity contribution >= 4 is 16.8 Å². The summed E-state index contributed by atoms with van der Waals surface area (Å²) in [6.45, 7) is 4.75. The van der Waals surface area contributed by atoms with Gasteiger partial charge in [-0.2, -0.15) is 0 Å². The summed E-state index contributed by atoms with van der Waals surface area (Å²) in [7, 11) is 0. The Bertz CT molecular complexity index is 541. The van der Waals surface area contributed by atoms with Gasteiger partial charge in [0, 0.05) is 30.3 Å². The molecule has 20 heavy (non-hydrogen) atoms. The molecule has 2 N–H and O–H groups in total. The number of nitrogens with zero attached hydrogens (tertiary/aromatic N) is 1. The number of hydrogen-bond donors (Lipinski definition) is 2. The minimum atomic E-state index is -0.0845. The van der Waals surface area contributed by atoms with Gasteiger partial charge in [-0.05, 0) is 37.1 Å². The van der Waals surface area contributed by atoms with Crippen molar-refractivity contribution in [3.8, 4) is 0 Å². The van der Waals surface area contributed by atoms with Crippen LogP contribution in [0.25, 0.3) is 10.9 Å². The molecule has 4 nitrogen and oxygen atoms in total. The lowest BCUT2D eigenvalue weighted by atomic mass is 10.1. The Kier molecular flexibility index (Phi) is 7.29. The number of carbonyl (C=O) groups is 1. The standard InChI is InChI=1S/C14H16N2O2.C2H6/c17-9-2-1-7-16-14(18)12-5-6-13-11(10-12)4-3-8-15-13;1-2/h3-6,8,10,17H,1-2,7,9H2,(H,16,18);1-2H3. The number of unbranched alkanes of at least 4 members (excludes halogenated alkanes) is 1. The smallest absolute Gasteiger partial charge is 0.251 e. The predicted molar refractivity (Wildman–Crippen MR) is 81.7 cm³/mol. The molecular weight excluding hydrogens is 252 g/mol. The van der Waals surface area contributed by atoms with E-state index < -0.39 is 0 Å². The van der Waals surface area contributed by atoms with E-state index in [0.717, 1.165) is 17.3 Å². The highest BCUT2D eigenvalue weighted by molar-refractivity contribution is 5.97. The first-order valence-corrected chi connectivity index (χ1v) is 7.05. The van der Waals surface area contributed by atoms with Crippen LogP contribution in [0, 0.1) is 0 Å². The largest absolute Gasteiger partial charge is 0.396 e. The molecule has 1 heterocycles. The lowest BCUT2D eigenvalue weighted by Crippen LogP contribution is -2.24. The first kappa shape index (κ1) is 16.1. The van der Waals surface area contributed by atoms with E-state index >= 15 is 0 Å². The van der Waals surface area contributed by atoms with Gasteiger partial charge in [-0.25, -0.2) is 0 Å². The van der Waals surface area contributed by atoms with Crippen LogP contribution >= 0.6 is 0 Å². The molecule has 108 valence electrons. The molecule has 0 unspecified atom stereocenters. The van der Waals surface area contributed by atoms with E-state index in [2.05, 4.69) is 10.3 Å². The second-order valence-corrected chi connectivity index (χ2v) is 4.10. The van der Waals surface area contributed by atoms with E-state index in [-0.39, 0.29) is 12.5 Å². The van der Waals surface area contributed by atoms with Crippen LogP contribution in [-0.4, -0.2) is 29.1 Å². The van der Waals surface area contributed by atoms with E-state index in [1.165, 1.54) is 0 Å². The minimum absolute atomic E-state index is 0.0845. The Balaban J connectivity index is 0.000000956. The fraction of sp³-hybridized carbons (Fsp3) is 0.375. The topological polar surface area (TPSA) is 62.2 Å². The number of fused-ring (bicyclic) bond motifs is 1. The van der Waals surface area contributed by atoms with Crippen molar-refractivity contribution in [2.24, 2.45) is 0 Å². The van der Waals surface area contributed by atoms with Gasteiger partial charge in [0.15, 0.2) is 0 Å². The molecular formula is C16H22N2O2. The predicted octanol–water partition coefficient (Wildman–Crippen LogP) is 2.76. The van der Waals surface area contributed by atoms with Crippen molar-refractivity contribution in [2.75, 3.05) is 13.2 Å². The number of rotatable bonds is 5. The van der Waals surface area contributed by atoms with E-state index in [1.807, 2.05) is 38.1 Å². The van der Waals surface area contributed by atoms with Crippen LogP contribution in [0.3, 0.4) is 0 Å². The van der Waals surface area contributed by atoms with Crippen molar-refractivity contribution in [3.63, 3.8) is 0 Å². The third-order valence-corrected chi connectivity index (χ3v) is 2.74. The molecule has 0 saturated carbocycles. The summed E-state index contributed by atoms with van der Waals surface area (Å²) in [5.41, 5.74) is 1.52. The monoisotopic (exact) mass is 274 g/mol. The lowest BCUT2D eigenvalue weighted by molar-refractivity contribution is 0.0952. The van der Waals surface area contributed by atoms with Gasteiger partial charge in [-0.3, -0.25) is 9.78 Å². The molecule has 0 fully saturated rings. The normalized spacial score (nSPS) is 9.75. The van der Waals surface area contributed by atoms with Gasteiger partial charge in [0.05, 0.1) is 5.52 Å². The molecule has 2 aromatic rings. The lowest BCUT2D eigenvalue weighted by Gasteiger charge is -2.05. The zero-order chi connectivity index (χ0) is 14.8. The summed E-state index contributed by atoms with van der Waals surface area (Å²) in [4.78, 5) is 16.1. The van der Waals surface area contributed by atoms with Gasteiger partial charge in [-0.15, -0.1) is 0 Å². The first-order valence-electron chi connectivity index (χ1n) is 7.05. The number of aliphatic hydroxyl groups is 1. The molecule has 1 aromatic heterocycles. The maximum atomic E-state index is 11.9. The van der Waals surface area contributed by atoms with Crippen LogP contribution in [0.1, 0.15) is 37.0 Å². The Morgan fingerprint density at radius 1 is 1.25 bits per heavy atom. The maximum Gasteiger partial charge on any atom is 0.251 e. The highest BCUT2D eigenvalue weighted by Crippen LogP contribution is 2.13. The molecule has 2 rings (SSSR count). The zero-order valence-electron chi connectivity index (χ0n) is 12.1. The SMILES string of the molecule is CC.O=C(NCCCCO)c1ccc2ncccc2c1. The number of nitrogens with one attached hydrogen (secondary N) is 1. The summed E-state index contributed by atoms with van der Waals surface area (Å²) < 4.78 is 0. The van der Waals surface area contributed by atoms with Crippen LogP contribution in [0.2, 0.25) is 0 Å². The van der Waals surface area contributed by atoms with Gasteiger partial charge in [0.1, 0.15) is 0 Å². The molecule has 0 bridgehead atoms. The average molecular weight is 274 g/mol. The van der Waals surface area contributed by atoms with Gasteiger partial charge >= 0.3 is 0 Å². The summed E-state index contributed by atoms with van der Waals surface area (Å²) in [5.74, 6) is -0.0845. The summed E-state index contributed by atoms with van der Waals surface area (Å²) >= 11 is 0. The molecule has 0 atom stereocenters. The molecule has 1 aromatic carbocycles. The van der Waals surface area contributed by atoms with E-state index in [9.17, 15) is 4.79 Å². The number of hydrogen-bond acceptors (Lipinski definition) is 3.